The molecule has 0 heterocycles. The van der Waals surface area contributed by atoms with Crippen LogP contribution < -0.4 is 0 Å². The van der Waals surface area contributed by atoms with Crippen LogP contribution in [0, 0.1) is 29.3 Å². The highest BCUT2D eigenvalue weighted by atomic mass is 19.2. The molecule has 0 aliphatic heterocycles. The van der Waals surface area contributed by atoms with E-state index in [9.17, 15) is 13.2 Å². The van der Waals surface area contributed by atoms with Crippen LogP contribution in [0.5, 0.6) is 0 Å². The van der Waals surface area contributed by atoms with E-state index in [1.807, 2.05) is 0 Å². The van der Waals surface area contributed by atoms with Gasteiger partial charge in [0.05, 0.1) is 0 Å². The van der Waals surface area contributed by atoms with Crippen LogP contribution in [0.15, 0.2) is 12.1 Å². The largest absolute Gasteiger partial charge is 0.204 e. The first kappa shape index (κ1) is 19.8. The van der Waals surface area contributed by atoms with Gasteiger partial charge in [-0.2, -0.15) is 0 Å². The normalized spacial score (nSPS) is 26.0. The summed E-state index contributed by atoms with van der Waals surface area (Å²) in [6.07, 6.45) is 15.4. The maximum Gasteiger partial charge on any atom is 0.194 e. The minimum Gasteiger partial charge on any atom is -0.204 e. The second-order valence-corrected chi connectivity index (χ2v) is 8.68. The lowest BCUT2D eigenvalue weighted by atomic mass is 9.57. The lowest BCUT2D eigenvalue weighted by Crippen LogP contribution is -2.39. The van der Waals surface area contributed by atoms with E-state index in [4.69, 9.17) is 0 Å². The molecule has 0 aromatic heterocycles. The van der Waals surface area contributed by atoms with Crippen LogP contribution in [0.1, 0.15) is 96.0 Å². The molecule has 0 saturated heterocycles. The lowest BCUT2D eigenvalue weighted by molar-refractivity contribution is 0.123. The Morgan fingerprint density at radius 2 is 1.50 bits per heavy atom. The van der Waals surface area contributed by atoms with Crippen molar-refractivity contribution in [1.82, 2.24) is 0 Å². The third-order valence-electron chi connectivity index (χ3n) is 7.15. The Morgan fingerprint density at radius 3 is 2.08 bits per heavy atom. The molecule has 0 bridgehead atoms. The Labute approximate surface area is 156 Å². The zero-order valence-corrected chi connectivity index (χ0v) is 16.1. The second kappa shape index (κ2) is 8.80. The molecule has 1 aromatic carbocycles. The molecule has 0 nitrogen and oxygen atoms in total. The molecule has 2 fully saturated rings. The topological polar surface area (TPSA) is 0 Å². The van der Waals surface area contributed by atoms with Crippen molar-refractivity contribution in [2.75, 3.05) is 0 Å². The van der Waals surface area contributed by atoms with Crippen LogP contribution in [0.4, 0.5) is 13.2 Å². The minimum absolute atomic E-state index is 0.151. The fourth-order valence-electron chi connectivity index (χ4n) is 5.65. The Balaban J connectivity index is 1.77. The fraction of sp³-hybridized carbons (Fsp3) is 0.739. The summed E-state index contributed by atoms with van der Waals surface area (Å²) in [5, 5.41) is 0. The summed E-state index contributed by atoms with van der Waals surface area (Å²) in [5.74, 6) is -2.09. The quantitative estimate of drug-likeness (QED) is 0.357. The Bertz CT molecular complexity index is 558. The van der Waals surface area contributed by atoms with E-state index < -0.39 is 17.5 Å². The molecule has 0 radical (unpaired) electrons. The van der Waals surface area contributed by atoms with Gasteiger partial charge in [-0.25, -0.2) is 13.2 Å². The highest BCUT2D eigenvalue weighted by Crippen LogP contribution is 2.51. The zero-order valence-electron chi connectivity index (χ0n) is 16.1. The van der Waals surface area contributed by atoms with Gasteiger partial charge in [0.15, 0.2) is 17.5 Å². The number of benzene rings is 1. The Kier molecular flexibility index (Phi) is 6.69. The Hall–Kier alpha value is -0.990. The fourth-order valence-corrected chi connectivity index (χ4v) is 5.65. The standard InChI is InChI=1S/C23H33F3/c1-2-3-5-8-17-9-11-18(12-10-17)23(13-6-4-7-14-23)19-15-20(24)22(26)21(25)16-19/h15-18H,2-14H2,1H3/t17-,18-. The zero-order chi connectivity index (χ0) is 18.6. The first-order chi connectivity index (χ1) is 12.6. The van der Waals surface area contributed by atoms with E-state index in [-0.39, 0.29) is 5.41 Å². The van der Waals surface area contributed by atoms with Crippen molar-refractivity contribution in [1.29, 1.82) is 0 Å². The summed E-state index contributed by atoms with van der Waals surface area (Å²) in [5.41, 5.74) is 0.560. The first-order valence-corrected chi connectivity index (χ1v) is 10.7. The van der Waals surface area contributed by atoms with Crippen molar-refractivity contribution in [3.63, 3.8) is 0 Å². The molecule has 0 spiro atoms. The van der Waals surface area contributed by atoms with E-state index in [0.717, 1.165) is 44.4 Å². The number of halogens is 3. The van der Waals surface area contributed by atoms with Gasteiger partial charge in [0.25, 0.3) is 0 Å². The number of rotatable bonds is 6. The molecule has 1 aromatic rings. The van der Waals surface area contributed by atoms with Gasteiger partial charge < -0.3 is 0 Å². The predicted octanol–water partition coefficient (Wildman–Crippen LogP) is 7.69. The molecule has 146 valence electrons. The average molecular weight is 367 g/mol. The van der Waals surface area contributed by atoms with E-state index in [2.05, 4.69) is 6.92 Å². The van der Waals surface area contributed by atoms with Crippen molar-refractivity contribution in [3.05, 3.63) is 35.1 Å². The molecular formula is C23H33F3. The summed E-state index contributed by atoms with van der Waals surface area (Å²) in [6, 6.07) is 2.58. The molecule has 26 heavy (non-hydrogen) atoms. The molecule has 2 aliphatic carbocycles. The van der Waals surface area contributed by atoms with E-state index in [0.29, 0.717) is 11.5 Å². The molecule has 2 saturated carbocycles. The summed E-state index contributed by atoms with van der Waals surface area (Å²) in [4.78, 5) is 0. The van der Waals surface area contributed by atoms with Gasteiger partial charge >= 0.3 is 0 Å². The molecule has 0 amide bonds. The van der Waals surface area contributed by atoms with Crippen LogP contribution in [0.25, 0.3) is 0 Å². The van der Waals surface area contributed by atoms with Crippen LogP contribution in [-0.4, -0.2) is 0 Å². The van der Waals surface area contributed by atoms with Crippen LogP contribution >= 0.6 is 0 Å². The van der Waals surface area contributed by atoms with Crippen molar-refractivity contribution in [2.45, 2.75) is 95.8 Å². The number of hydrogen-bond donors (Lipinski definition) is 0. The van der Waals surface area contributed by atoms with E-state index in [1.165, 1.54) is 57.1 Å². The lowest BCUT2D eigenvalue weighted by Gasteiger charge is -2.47. The molecule has 0 atom stereocenters. The van der Waals surface area contributed by atoms with Crippen LogP contribution in [0.2, 0.25) is 0 Å². The molecule has 2 aliphatic rings. The van der Waals surface area contributed by atoms with Gasteiger partial charge in [-0.15, -0.1) is 0 Å². The van der Waals surface area contributed by atoms with Gasteiger partial charge in [-0.05, 0) is 60.6 Å². The molecule has 0 N–H and O–H groups in total. The monoisotopic (exact) mass is 366 g/mol. The maximum atomic E-state index is 14.0. The summed E-state index contributed by atoms with van der Waals surface area (Å²) >= 11 is 0. The van der Waals surface area contributed by atoms with Crippen LogP contribution in [-0.2, 0) is 5.41 Å². The van der Waals surface area contributed by atoms with Crippen molar-refractivity contribution >= 4 is 0 Å². The highest BCUT2D eigenvalue weighted by Gasteiger charge is 2.43. The van der Waals surface area contributed by atoms with E-state index in [1.54, 1.807) is 0 Å². The van der Waals surface area contributed by atoms with Crippen molar-refractivity contribution in [3.8, 4) is 0 Å². The molecule has 3 heteroatoms. The number of hydrogen-bond acceptors (Lipinski definition) is 0. The molecule has 3 rings (SSSR count). The highest BCUT2D eigenvalue weighted by molar-refractivity contribution is 5.30. The average Bonchev–Trinajstić information content (AvgIpc) is 2.67. The van der Waals surface area contributed by atoms with Gasteiger partial charge in [0.2, 0.25) is 0 Å². The van der Waals surface area contributed by atoms with Crippen molar-refractivity contribution < 1.29 is 13.2 Å². The van der Waals surface area contributed by atoms with Gasteiger partial charge in [-0.1, -0.05) is 64.7 Å². The Morgan fingerprint density at radius 1 is 0.885 bits per heavy atom. The summed E-state index contributed by atoms with van der Waals surface area (Å²) in [6.45, 7) is 2.24. The third-order valence-corrected chi connectivity index (χ3v) is 7.15. The molecule has 0 unspecified atom stereocenters. The number of unbranched alkanes of at least 4 members (excludes halogenated alkanes) is 2. The third kappa shape index (κ3) is 4.12. The van der Waals surface area contributed by atoms with Gasteiger partial charge in [0.1, 0.15) is 0 Å². The first-order valence-electron chi connectivity index (χ1n) is 10.7. The van der Waals surface area contributed by atoms with Crippen molar-refractivity contribution in [2.24, 2.45) is 11.8 Å². The SMILES string of the molecule is CCCCC[C@H]1CC[C@H](C2(c3cc(F)c(F)c(F)c3)CCCCC2)CC1. The second-order valence-electron chi connectivity index (χ2n) is 8.68. The smallest absolute Gasteiger partial charge is 0.194 e. The van der Waals surface area contributed by atoms with Gasteiger partial charge in [-0.3, -0.25) is 0 Å². The van der Waals surface area contributed by atoms with E-state index >= 15 is 0 Å². The molecular weight excluding hydrogens is 333 g/mol. The predicted molar refractivity (Wildman–Crippen MR) is 101 cm³/mol. The minimum atomic E-state index is -1.33. The van der Waals surface area contributed by atoms with Crippen LogP contribution in [0.3, 0.4) is 0 Å². The summed E-state index contributed by atoms with van der Waals surface area (Å²) in [7, 11) is 0. The van der Waals surface area contributed by atoms with Gasteiger partial charge in [0, 0.05) is 0 Å². The summed E-state index contributed by atoms with van der Waals surface area (Å²) < 4.78 is 41.4. The maximum absolute atomic E-state index is 14.0.